The Hall–Kier alpha value is -1.91. The summed E-state index contributed by atoms with van der Waals surface area (Å²) in [5, 5.41) is 9.52. The number of nitrogens with zero attached hydrogens (tertiary/aromatic N) is 1. The number of hydrogen-bond acceptors (Lipinski definition) is 4. The first-order chi connectivity index (χ1) is 10.0. The minimum Gasteiger partial charge on any atom is -0.269 e. The maximum Gasteiger partial charge on any atom is 0.265 e. The molecule has 0 fully saturated rings. The maximum absolute atomic E-state index is 13.7. The number of nitriles is 1. The standard InChI is InChI=1S/C14H11FN2O2S2/c15-11-5-1-2-7-13(11)21(18,19)17-14-10(8-16)9-4-3-6-12(9)20-14/h1-2,5,7,17H,3-4,6H2. The molecule has 3 rings (SSSR count). The molecule has 21 heavy (non-hydrogen) atoms. The normalized spacial score (nSPS) is 13.7. The third-order valence-corrected chi connectivity index (χ3v) is 6.11. The van der Waals surface area contributed by atoms with E-state index in [0.717, 1.165) is 35.8 Å². The molecule has 7 heteroatoms. The molecule has 1 aromatic heterocycles. The van der Waals surface area contributed by atoms with Crippen molar-refractivity contribution >= 4 is 26.4 Å². The molecule has 0 aliphatic heterocycles. The van der Waals surface area contributed by atoms with Gasteiger partial charge in [-0.1, -0.05) is 12.1 Å². The van der Waals surface area contributed by atoms with Crippen molar-refractivity contribution in [1.82, 2.24) is 0 Å². The van der Waals surface area contributed by atoms with Gasteiger partial charge in [0.2, 0.25) is 0 Å². The summed E-state index contributed by atoms with van der Waals surface area (Å²) in [4.78, 5) is 0.625. The van der Waals surface area contributed by atoms with Gasteiger partial charge in [-0.05, 0) is 37.0 Å². The average molecular weight is 322 g/mol. The highest BCUT2D eigenvalue weighted by molar-refractivity contribution is 7.93. The second-order valence-electron chi connectivity index (χ2n) is 4.71. The van der Waals surface area contributed by atoms with Crippen molar-refractivity contribution in [2.45, 2.75) is 24.2 Å². The van der Waals surface area contributed by atoms with E-state index in [1.54, 1.807) is 0 Å². The Morgan fingerprint density at radius 3 is 2.76 bits per heavy atom. The fourth-order valence-corrected chi connectivity index (χ4v) is 5.06. The van der Waals surface area contributed by atoms with Crippen molar-refractivity contribution < 1.29 is 12.8 Å². The highest BCUT2D eigenvalue weighted by Crippen LogP contribution is 2.39. The number of rotatable bonds is 3. The fourth-order valence-electron chi connectivity index (χ4n) is 2.43. The van der Waals surface area contributed by atoms with Gasteiger partial charge < -0.3 is 0 Å². The van der Waals surface area contributed by atoms with Gasteiger partial charge in [0.1, 0.15) is 21.8 Å². The van der Waals surface area contributed by atoms with Crippen molar-refractivity contribution in [3.8, 4) is 6.07 Å². The van der Waals surface area contributed by atoms with Crippen LogP contribution in [0.3, 0.4) is 0 Å². The Bertz CT molecular complexity index is 850. The third-order valence-electron chi connectivity index (χ3n) is 3.39. The Morgan fingerprint density at radius 1 is 1.29 bits per heavy atom. The van der Waals surface area contributed by atoms with Crippen LogP contribution >= 0.6 is 11.3 Å². The Balaban J connectivity index is 2.02. The molecule has 0 saturated carbocycles. The Morgan fingerprint density at radius 2 is 2.05 bits per heavy atom. The molecule has 0 atom stereocenters. The first-order valence-corrected chi connectivity index (χ1v) is 8.65. The topological polar surface area (TPSA) is 70.0 Å². The van der Waals surface area contributed by atoms with Crippen LogP contribution in [0.2, 0.25) is 0 Å². The summed E-state index contributed by atoms with van der Waals surface area (Å²) in [6.07, 6.45) is 2.63. The zero-order valence-corrected chi connectivity index (χ0v) is 12.5. The fraction of sp³-hybridized carbons (Fsp3) is 0.214. The summed E-state index contributed by atoms with van der Waals surface area (Å²) >= 11 is 1.27. The van der Waals surface area contributed by atoms with Crippen LogP contribution in [0.4, 0.5) is 9.39 Å². The molecule has 0 saturated heterocycles. The summed E-state index contributed by atoms with van der Waals surface area (Å²) in [5.74, 6) is -0.812. The molecular weight excluding hydrogens is 311 g/mol. The van der Waals surface area contributed by atoms with E-state index in [1.165, 1.54) is 29.5 Å². The summed E-state index contributed by atoms with van der Waals surface area (Å²) in [6.45, 7) is 0. The van der Waals surface area contributed by atoms with E-state index in [2.05, 4.69) is 10.8 Å². The van der Waals surface area contributed by atoms with Crippen LogP contribution in [0.25, 0.3) is 0 Å². The zero-order valence-electron chi connectivity index (χ0n) is 10.9. The second-order valence-corrected chi connectivity index (χ2v) is 7.47. The maximum atomic E-state index is 13.7. The van der Waals surface area contributed by atoms with E-state index >= 15 is 0 Å². The lowest BCUT2D eigenvalue weighted by Crippen LogP contribution is -2.14. The Kier molecular flexibility index (Phi) is 3.43. The lowest BCUT2D eigenvalue weighted by atomic mass is 10.1. The second kappa shape index (κ2) is 5.13. The van der Waals surface area contributed by atoms with Crippen LogP contribution in [0, 0.1) is 17.1 Å². The van der Waals surface area contributed by atoms with E-state index in [0.29, 0.717) is 5.56 Å². The minimum atomic E-state index is -4.03. The number of benzene rings is 1. The van der Waals surface area contributed by atoms with E-state index in [1.807, 2.05) is 0 Å². The van der Waals surface area contributed by atoms with Crippen molar-refractivity contribution in [1.29, 1.82) is 5.26 Å². The van der Waals surface area contributed by atoms with Gasteiger partial charge in [-0.25, -0.2) is 12.8 Å². The van der Waals surface area contributed by atoms with Crippen LogP contribution in [0.1, 0.15) is 22.4 Å². The minimum absolute atomic E-state index is 0.283. The number of nitrogens with one attached hydrogen (secondary N) is 1. The quantitative estimate of drug-likeness (QED) is 0.944. The van der Waals surface area contributed by atoms with E-state index in [-0.39, 0.29) is 5.00 Å². The summed E-state index contributed by atoms with van der Waals surface area (Å²) in [6, 6.07) is 7.23. The molecule has 2 aromatic rings. The van der Waals surface area contributed by atoms with E-state index in [4.69, 9.17) is 0 Å². The van der Waals surface area contributed by atoms with E-state index in [9.17, 15) is 18.1 Å². The Labute approximate surface area is 125 Å². The van der Waals surface area contributed by atoms with Crippen LogP contribution < -0.4 is 4.72 Å². The number of aryl methyl sites for hydroxylation is 1. The van der Waals surface area contributed by atoms with Gasteiger partial charge in [-0.3, -0.25) is 4.72 Å². The van der Waals surface area contributed by atoms with Gasteiger partial charge in [0, 0.05) is 4.88 Å². The molecule has 1 aliphatic rings. The van der Waals surface area contributed by atoms with Crippen molar-refractivity contribution in [3.05, 3.63) is 46.1 Å². The highest BCUT2D eigenvalue weighted by atomic mass is 32.2. The largest absolute Gasteiger partial charge is 0.269 e. The number of fused-ring (bicyclic) bond motifs is 1. The molecule has 1 N–H and O–H groups in total. The predicted octanol–water partition coefficient (Wildman–Crippen LogP) is 3.05. The lowest BCUT2D eigenvalue weighted by molar-refractivity contribution is 0.570. The molecule has 1 aromatic carbocycles. The molecule has 0 radical (unpaired) electrons. The molecule has 1 heterocycles. The molecule has 0 amide bonds. The molecule has 0 bridgehead atoms. The summed E-state index contributed by atoms with van der Waals surface area (Å²) in [5.41, 5.74) is 1.29. The summed E-state index contributed by atoms with van der Waals surface area (Å²) in [7, 11) is -4.03. The van der Waals surface area contributed by atoms with Crippen LogP contribution in [-0.4, -0.2) is 8.42 Å². The first-order valence-electron chi connectivity index (χ1n) is 6.35. The monoisotopic (exact) mass is 322 g/mol. The van der Waals surface area contributed by atoms with Gasteiger partial charge in [0.15, 0.2) is 0 Å². The third kappa shape index (κ3) is 2.41. The van der Waals surface area contributed by atoms with Crippen molar-refractivity contribution in [2.24, 2.45) is 0 Å². The van der Waals surface area contributed by atoms with E-state index < -0.39 is 20.7 Å². The lowest BCUT2D eigenvalue weighted by Gasteiger charge is -2.07. The van der Waals surface area contributed by atoms with Gasteiger partial charge in [0.05, 0.1) is 5.56 Å². The molecule has 1 aliphatic carbocycles. The molecule has 108 valence electrons. The molecule has 0 spiro atoms. The van der Waals surface area contributed by atoms with Gasteiger partial charge in [-0.15, -0.1) is 11.3 Å². The molecule has 4 nitrogen and oxygen atoms in total. The first kappa shape index (κ1) is 14.0. The van der Waals surface area contributed by atoms with Crippen molar-refractivity contribution in [3.63, 3.8) is 0 Å². The number of anilines is 1. The number of halogens is 1. The predicted molar refractivity (Wildman–Crippen MR) is 78.3 cm³/mol. The molecule has 0 unspecified atom stereocenters. The SMILES string of the molecule is N#Cc1c(NS(=O)(=O)c2ccccc2F)sc2c1CCC2. The summed E-state index contributed by atoms with van der Waals surface area (Å²) < 4.78 is 40.5. The smallest absolute Gasteiger partial charge is 0.265 e. The zero-order chi connectivity index (χ0) is 15.0. The highest BCUT2D eigenvalue weighted by Gasteiger charge is 2.26. The van der Waals surface area contributed by atoms with Gasteiger partial charge in [0.25, 0.3) is 10.0 Å². The number of sulfonamides is 1. The molecular formula is C14H11FN2O2S2. The van der Waals surface area contributed by atoms with Crippen LogP contribution in [0.15, 0.2) is 29.2 Å². The van der Waals surface area contributed by atoms with Gasteiger partial charge in [-0.2, -0.15) is 5.26 Å². The number of hydrogen-bond donors (Lipinski definition) is 1. The number of thiophene rings is 1. The van der Waals surface area contributed by atoms with Crippen molar-refractivity contribution in [2.75, 3.05) is 4.72 Å². The van der Waals surface area contributed by atoms with Crippen LogP contribution in [-0.2, 0) is 22.9 Å². The average Bonchev–Trinajstić information content (AvgIpc) is 2.98. The van der Waals surface area contributed by atoms with Gasteiger partial charge >= 0.3 is 0 Å². The van der Waals surface area contributed by atoms with Crippen LogP contribution in [0.5, 0.6) is 0 Å².